The lowest BCUT2D eigenvalue weighted by molar-refractivity contribution is 0.0826. The average Bonchev–Trinajstić information content (AvgIpc) is 2.50. The Morgan fingerprint density at radius 1 is 1.17 bits per heavy atom. The minimum atomic E-state index is -1.02. The highest BCUT2D eigenvalue weighted by Gasteiger charge is 2.17. The summed E-state index contributed by atoms with van der Waals surface area (Å²) in [5.41, 5.74) is 0.0339. The van der Waals surface area contributed by atoms with Crippen LogP contribution in [0.15, 0.2) is 29.2 Å². The van der Waals surface area contributed by atoms with Crippen molar-refractivity contribution in [3.05, 3.63) is 51.8 Å². The molecule has 0 saturated heterocycles. The number of benzene rings is 1. The van der Waals surface area contributed by atoms with Gasteiger partial charge in [-0.3, -0.25) is 9.59 Å². The Morgan fingerprint density at radius 2 is 1.83 bits per heavy atom. The number of halogens is 2. The number of amides is 1. The van der Waals surface area contributed by atoms with Crippen LogP contribution in [0.25, 0.3) is 21.9 Å². The summed E-state index contributed by atoms with van der Waals surface area (Å²) < 4.78 is 28.3. The van der Waals surface area contributed by atoms with Crippen LogP contribution in [0.3, 0.4) is 0 Å². The van der Waals surface area contributed by atoms with Gasteiger partial charge in [-0.1, -0.05) is 0 Å². The molecule has 2 heterocycles. The fraction of sp³-hybridized carbons (Fsp3) is 0.188. The van der Waals surface area contributed by atoms with E-state index >= 15 is 0 Å². The van der Waals surface area contributed by atoms with E-state index < -0.39 is 23.0 Å². The second-order valence-electron chi connectivity index (χ2n) is 5.50. The molecule has 0 unspecified atom stereocenters. The molecule has 1 aromatic carbocycles. The number of fused-ring (bicyclic) bond motifs is 2. The van der Waals surface area contributed by atoms with Crippen LogP contribution in [0.4, 0.5) is 8.78 Å². The first-order valence-electron chi connectivity index (χ1n) is 6.80. The van der Waals surface area contributed by atoms with Crippen molar-refractivity contribution in [1.82, 2.24) is 14.5 Å². The highest BCUT2D eigenvalue weighted by molar-refractivity contribution is 5.98. The fourth-order valence-electron chi connectivity index (χ4n) is 2.45. The molecule has 118 valence electrons. The molecule has 0 aliphatic heterocycles. The summed E-state index contributed by atoms with van der Waals surface area (Å²) in [5.74, 6) is -2.46. The fourth-order valence-corrected chi connectivity index (χ4v) is 2.45. The summed E-state index contributed by atoms with van der Waals surface area (Å²) in [6.45, 7) is 0. The molecule has 1 amide bonds. The monoisotopic (exact) mass is 317 g/mol. The standard InChI is InChI=1S/C16H13F2N3O2/c1-20(2)16(23)10-7-21(3)15-9(14(10)22)4-8-5-11(17)12(18)6-13(8)19-15/h4-7H,1-3H3. The van der Waals surface area contributed by atoms with Gasteiger partial charge in [0.2, 0.25) is 5.43 Å². The van der Waals surface area contributed by atoms with Gasteiger partial charge in [0, 0.05) is 38.8 Å². The van der Waals surface area contributed by atoms with E-state index in [0.717, 1.165) is 12.1 Å². The highest BCUT2D eigenvalue weighted by atomic mass is 19.2. The number of nitrogens with zero attached hydrogens (tertiary/aromatic N) is 3. The van der Waals surface area contributed by atoms with Gasteiger partial charge >= 0.3 is 0 Å². The summed E-state index contributed by atoms with van der Waals surface area (Å²) in [5, 5.41) is 0.474. The molecule has 2 aromatic heterocycles. The van der Waals surface area contributed by atoms with E-state index in [1.807, 2.05) is 0 Å². The smallest absolute Gasteiger partial charge is 0.258 e. The SMILES string of the molecule is CN(C)C(=O)c1cn(C)c2nc3cc(F)c(F)cc3cc2c1=O. The zero-order valence-corrected chi connectivity index (χ0v) is 12.7. The molecule has 7 heteroatoms. The molecule has 0 atom stereocenters. The third-order valence-electron chi connectivity index (χ3n) is 3.62. The molecule has 0 bridgehead atoms. The first-order valence-corrected chi connectivity index (χ1v) is 6.80. The third-order valence-corrected chi connectivity index (χ3v) is 3.62. The minimum absolute atomic E-state index is 0.00580. The summed E-state index contributed by atoms with van der Waals surface area (Å²) >= 11 is 0. The van der Waals surface area contributed by atoms with Crippen LogP contribution in [-0.4, -0.2) is 34.5 Å². The second kappa shape index (κ2) is 5.12. The van der Waals surface area contributed by atoms with Crippen molar-refractivity contribution in [3.63, 3.8) is 0 Å². The highest BCUT2D eigenvalue weighted by Crippen LogP contribution is 2.21. The summed E-state index contributed by atoms with van der Waals surface area (Å²) in [4.78, 5) is 30.2. The molecule has 3 aromatic rings. The van der Waals surface area contributed by atoms with Crippen molar-refractivity contribution in [2.24, 2.45) is 7.05 Å². The van der Waals surface area contributed by atoms with Crippen molar-refractivity contribution in [1.29, 1.82) is 0 Å². The van der Waals surface area contributed by atoms with Crippen LogP contribution in [0, 0.1) is 11.6 Å². The number of hydrogen-bond donors (Lipinski definition) is 0. The lowest BCUT2D eigenvalue weighted by Gasteiger charge is -2.13. The Hall–Kier alpha value is -2.83. The topological polar surface area (TPSA) is 55.2 Å². The molecular formula is C16H13F2N3O2. The van der Waals surface area contributed by atoms with E-state index in [1.165, 1.54) is 21.7 Å². The predicted octanol–water partition coefficient (Wildman–Crippen LogP) is 2.07. The van der Waals surface area contributed by atoms with Gasteiger partial charge in [-0.15, -0.1) is 0 Å². The maximum absolute atomic E-state index is 13.4. The third kappa shape index (κ3) is 2.34. The number of carbonyl (C=O) groups excluding carboxylic acids is 1. The molecule has 23 heavy (non-hydrogen) atoms. The average molecular weight is 317 g/mol. The van der Waals surface area contributed by atoms with Gasteiger partial charge in [0.15, 0.2) is 11.6 Å². The van der Waals surface area contributed by atoms with Gasteiger partial charge in [0.25, 0.3) is 5.91 Å². The molecule has 5 nitrogen and oxygen atoms in total. The van der Waals surface area contributed by atoms with Crippen molar-refractivity contribution in [2.45, 2.75) is 0 Å². The molecule has 0 saturated carbocycles. The van der Waals surface area contributed by atoms with E-state index in [0.29, 0.717) is 11.0 Å². The van der Waals surface area contributed by atoms with E-state index in [2.05, 4.69) is 4.98 Å². The molecular weight excluding hydrogens is 304 g/mol. The minimum Gasteiger partial charge on any atom is -0.345 e. The molecule has 0 fully saturated rings. The van der Waals surface area contributed by atoms with Crippen LogP contribution in [-0.2, 0) is 7.05 Å². The Balaban J connectivity index is 2.42. The summed E-state index contributed by atoms with van der Waals surface area (Å²) in [7, 11) is 4.72. The van der Waals surface area contributed by atoms with Crippen LogP contribution < -0.4 is 5.43 Å². The van der Waals surface area contributed by atoms with E-state index in [-0.39, 0.29) is 16.5 Å². The Kier molecular flexibility index (Phi) is 3.35. The van der Waals surface area contributed by atoms with Crippen molar-refractivity contribution < 1.29 is 13.6 Å². The number of carbonyl (C=O) groups is 1. The molecule has 3 rings (SSSR count). The number of pyridine rings is 2. The van der Waals surface area contributed by atoms with E-state index in [9.17, 15) is 18.4 Å². The quantitative estimate of drug-likeness (QED) is 0.646. The largest absolute Gasteiger partial charge is 0.345 e. The maximum atomic E-state index is 13.4. The van der Waals surface area contributed by atoms with Gasteiger partial charge in [0.05, 0.1) is 10.9 Å². The number of hydrogen-bond acceptors (Lipinski definition) is 3. The van der Waals surface area contributed by atoms with E-state index in [4.69, 9.17) is 0 Å². The Labute approximate surface area is 129 Å². The van der Waals surface area contributed by atoms with Crippen molar-refractivity contribution in [3.8, 4) is 0 Å². The van der Waals surface area contributed by atoms with E-state index in [1.54, 1.807) is 21.1 Å². The molecule has 0 aliphatic rings. The van der Waals surface area contributed by atoms with Crippen molar-refractivity contribution in [2.75, 3.05) is 14.1 Å². The number of aromatic nitrogens is 2. The van der Waals surface area contributed by atoms with Gasteiger partial charge in [0.1, 0.15) is 11.2 Å². The van der Waals surface area contributed by atoms with Gasteiger partial charge in [-0.05, 0) is 12.1 Å². The van der Waals surface area contributed by atoms with Gasteiger partial charge in [-0.2, -0.15) is 0 Å². The summed E-state index contributed by atoms with van der Waals surface area (Å²) in [6.07, 6.45) is 1.39. The zero-order valence-electron chi connectivity index (χ0n) is 12.7. The number of rotatable bonds is 1. The van der Waals surface area contributed by atoms with Crippen LogP contribution in [0.1, 0.15) is 10.4 Å². The summed E-state index contributed by atoms with van der Waals surface area (Å²) in [6, 6.07) is 3.39. The Morgan fingerprint density at radius 3 is 2.48 bits per heavy atom. The van der Waals surface area contributed by atoms with Gasteiger partial charge < -0.3 is 9.47 Å². The first kappa shape index (κ1) is 15.1. The second-order valence-corrected chi connectivity index (χ2v) is 5.50. The lowest BCUT2D eigenvalue weighted by Crippen LogP contribution is -2.28. The lowest BCUT2D eigenvalue weighted by atomic mass is 10.1. The van der Waals surface area contributed by atoms with Crippen LogP contribution >= 0.6 is 0 Å². The normalized spacial score (nSPS) is 11.2. The van der Waals surface area contributed by atoms with Crippen molar-refractivity contribution >= 4 is 27.8 Å². The zero-order chi connectivity index (χ0) is 16.9. The predicted molar refractivity (Wildman–Crippen MR) is 82.4 cm³/mol. The number of aryl methyl sites for hydroxylation is 1. The molecule has 0 spiro atoms. The molecule has 0 aliphatic carbocycles. The Bertz CT molecular complexity index is 1030. The molecule has 0 radical (unpaired) electrons. The molecule has 0 N–H and O–H groups in total. The first-order chi connectivity index (χ1) is 10.8. The maximum Gasteiger partial charge on any atom is 0.258 e. The van der Waals surface area contributed by atoms with Crippen LogP contribution in [0.2, 0.25) is 0 Å². The van der Waals surface area contributed by atoms with Gasteiger partial charge in [-0.25, -0.2) is 13.8 Å². The van der Waals surface area contributed by atoms with Crippen LogP contribution in [0.5, 0.6) is 0 Å².